The number of nitrogens with zero attached hydrogens (tertiary/aromatic N) is 4. The van der Waals surface area contributed by atoms with Crippen LogP contribution in [0.5, 0.6) is 0 Å². The minimum Gasteiger partial charge on any atom is -0.290 e. The van der Waals surface area contributed by atoms with Gasteiger partial charge in [-0.05, 0) is 24.3 Å². The van der Waals surface area contributed by atoms with Gasteiger partial charge in [-0.25, -0.2) is 4.98 Å². The van der Waals surface area contributed by atoms with Crippen molar-refractivity contribution in [3.8, 4) is 11.3 Å². The molecule has 5 aromatic rings. The number of fused-ring (bicyclic) bond motifs is 2. The van der Waals surface area contributed by atoms with Crippen LogP contribution in [-0.4, -0.2) is 25.5 Å². The number of rotatable bonds is 3. The fourth-order valence-corrected chi connectivity index (χ4v) is 3.22. The maximum absolute atomic E-state index is 13.1. The minimum atomic E-state index is -0.256. The molecule has 134 valence electrons. The Morgan fingerprint density at radius 2 is 1.64 bits per heavy atom. The van der Waals surface area contributed by atoms with Gasteiger partial charge < -0.3 is 0 Å². The molecule has 1 N–H and O–H groups in total. The first-order valence-corrected chi connectivity index (χ1v) is 8.86. The number of nitrogens with one attached hydrogen (secondary N) is 1. The predicted molar refractivity (Wildman–Crippen MR) is 108 cm³/mol. The summed E-state index contributed by atoms with van der Waals surface area (Å²) in [5, 5.41) is 11.8. The van der Waals surface area contributed by atoms with E-state index in [1.807, 2.05) is 85.1 Å². The molecule has 0 spiro atoms. The van der Waals surface area contributed by atoms with Crippen molar-refractivity contribution in [2.75, 3.05) is 5.32 Å². The van der Waals surface area contributed by atoms with Crippen LogP contribution in [0.2, 0.25) is 0 Å². The predicted octanol–water partition coefficient (Wildman–Crippen LogP) is 4.20. The molecule has 0 atom stereocenters. The fraction of sp³-hybridized carbons (Fsp3) is 0. The van der Waals surface area contributed by atoms with Crippen LogP contribution in [0.4, 0.5) is 5.95 Å². The first-order valence-electron chi connectivity index (χ1n) is 8.86. The summed E-state index contributed by atoms with van der Waals surface area (Å²) in [5.41, 5.74) is 3.67. The summed E-state index contributed by atoms with van der Waals surface area (Å²) in [6.07, 6.45) is 1.81. The molecule has 3 heterocycles. The van der Waals surface area contributed by atoms with Gasteiger partial charge in [0.25, 0.3) is 5.91 Å². The van der Waals surface area contributed by atoms with Crippen LogP contribution in [0.3, 0.4) is 0 Å². The second-order valence-corrected chi connectivity index (χ2v) is 6.34. The van der Waals surface area contributed by atoms with E-state index in [4.69, 9.17) is 4.98 Å². The fourth-order valence-electron chi connectivity index (χ4n) is 3.22. The average Bonchev–Trinajstić information content (AvgIpc) is 3.16. The van der Waals surface area contributed by atoms with Crippen molar-refractivity contribution in [2.24, 2.45) is 0 Å². The summed E-state index contributed by atoms with van der Waals surface area (Å²) in [6, 6.07) is 24.8. The molecule has 0 saturated heterocycles. The van der Waals surface area contributed by atoms with Crippen LogP contribution in [0.15, 0.2) is 85.1 Å². The van der Waals surface area contributed by atoms with E-state index in [0.29, 0.717) is 17.2 Å². The molecule has 1 amide bonds. The van der Waals surface area contributed by atoms with E-state index in [-0.39, 0.29) is 5.91 Å². The third-order valence-corrected chi connectivity index (χ3v) is 4.57. The molecule has 0 unspecified atom stereocenters. The Hall–Kier alpha value is -4.06. The van der Waals surface area contributed by atoms with Crippen molar-refractivity contribution in [3.05, 3.63) is 90.6 Å². The minimum absolute atomic E-state index is 0.256. The van der Waals surface area contributed by atoms with Crippen molar-refractivity contribution >= 4 is 28.4 Å². The zero-order chi connectivity index (χ0) is 18.9. The van der Waals surface area contributed by atoms with Crippen LogP contribution >= 0.6 is 0 Å². The lowest BCUT2D eigenvalue weighted by molar-refractivity contribution is 0.102. The first-order chi connectivity index (χ1) is 13.8. The van der Waals surface area contributed by atoms with Gasteiger partial charge in [0, 0.05) is 17.1 Å². The highest BCUT2D eigenvalue weighted by atomic mass is 16.1. The average molecular weight is 365 g/mol. The van der Waals surface area contributed by atoms with Gasteiger partial charge in [0.15, 0.2) is 5.65 Å². The topological polar surface area (TPSA) is 72.2 Å². The van der Waals surface area contributed by atoms with Crippen LogP contribution in [-0.2, 0) is 0 Å². The molecule has 5 rings (SSSR count). The lowest BCUT2D eigenvalue weighted by Crippen LogP contribution is -2.15. The van der Waals surface area contributed by atoms with Gasteiger partial charge >= 0.3 is 0 Å². The second kappa shape index (κ2) is 6.59. The first kappa shape index (κ1) is 16.1. The number of benzene rings is 2. The molecule has 0 bridgehead atoms. The normalized spacial score (nSPS) is 11.0. The molecular weight excluding hydrogens is 350 g/mol. The molecule has 6 nitrogen and oxygen atoms in total. The van der Waals surface area contributed by atoms with Crippen LogP contribution in [0.25, 0.3) is 27.8 Å². The highest BCUT2D eigenvalue weighted by molar-refractivity contribution is 6.12. The zero-order valence-corrected chi connectivity index (χ0v) is 14.8. The van der Waals surface area contributed by atoms with Crippen LogP contribution < -0.4 is 5.32 Å². The van der Waals surface area contributed by atoms with E-state index >= 15 is 0 Å². The van der Waals surface area contributed by atoms with E-state index < -0.39 is 0 Å². The molecular formula is C22H15N5O. The Bertz CT molecular complexity index is 1310. The summed E-state index contributed by atoms with van der Waals surface area (Å²) >= 11 is 0. The summed E-state index contributed by atoms with van der Waals surface area (Å²) in [5.74, 6) is 0.122. The maximum Gasteiger partial charge on any atom is 0.258 e. The third-order valence-electron chi connectivity index (χ3n) is 4.57. The Labute approximate surface area is 160 Å². The Morgan fingerprint density at radius 3 is 2.54 bits per heavy atom. The monoisotopic (exact) mass is 365 g/mol. The molecule has 2 aromatic carbocycles. The SMILES string of the molecule is O=C(Nc1nnc2ccccn12)c1cc(-c2ccccc2)nc2ccccc12. The molecule has 0 fully saturated rings. The van der Waals surface area contributed by atoms with Gasteiger partial charge in [-0.2, -0.15) is 0 Å². The molecule has 28 heavy (non-hydrogen) atoms. The Kier molecular flexibility index (Phi) is 3.80. The number of amides is 1. The lowest BCUT2D eigenvalue weighted by atomic mass is 10.0. The number of para-hydroxylation sites is 1. The molecule has 0 saturated carbocycles. The highest BCUT2D eigenvalue weighted by Gasteiger charge is 2.16. The maximum atomic E-state index is 13.1. The van der Waals surface area contributed by atoms with E-state index in [2.05, 4.69) is 15.5 Å². The van der Waals surface area contributed by atoms with Crippen molar-refractivity contribution in [1.29, 1.82) is 0 Å². The third kappa shape index (κ3) is 2.77. The zero-order valence-electron chi connectivity index (χ0n) is 14.8. The van der Waals surface area contributed by atoms with Gasteiger partial charge in [-0.1, -0.05) is 54.6 Å². The van der Waals surface area contributed by atoms with Crippen LogP contribution in [0.1, 0.15) is 10.4 Å². The van der Waals surface area contributed by atoms with E-state index in [1.54, 1.807) is 4.40 Å². The largest absolute Gasteiger partial charge is 0.290 e. The van der Waals surface area contributed by atoms with E-state index in [9.17, 15) is 4.79 Å². The van der Waals surface area contributed by atoms with Crippen molar-refractivity contribution in [2.45, 2.75) is 0 Å². The second-order valence-electron chi connectivity index (χ2n) is 6.34. The Balaban J connectivity index is 1.62. The van der Waals surface area contributed by atoms with Crippen molar-refractivity contribution < 1.29 is 4.79 Å². The molecule has 3 aromatic heterocycles. The highest BCUT2D eigenvalue weighted by Crippen LogP contribution is 2.25. The van der Waals surface area contributed by atoms with Gasteiger partial charge in [0.2, 0.25) is 5.95 Å². The molecule has 0 aliphatic rings. The number of hydrogen-bond donors (Lipinski definition) is 1. The van der Waals surface area contributed by atoms with Crippen molar-refractivity contribution in [3.63, 3.8) is 0 Å². The van der Waals surface area contributed by atoms with Crippen molar-refractivity contribution in [1.82, 2.24) is 19.6 Å². The number of anilines is 1. The number of carbonyl (C=O) groups excluding carboxylic acids is 1. The summed E-state index contributed by atoms with van der Waals surface area (Å²) in [4.78, 5) is 17.9. The number of aromatic nitrogens is 4. The lowest BCUT2D eigenvalue weighted by Gasteiger charge is -2.10. The van der Waals surface area contributed by atoms with E-state index in [0.717, 1.165) is 22.2 Å². The summed E-state index contributed by atoms with van der Waals surface area (Å²) < 4.78 is 1.74. The molecule has 6 heteroatoms. The Morgan fingerprint density at radius 1 is 0.857 bits per heavy atom. The summed E-state index contributed by atoms with van der Waals surface area (Å²) in [6.45, 7) is 0. The standard InChI is InChI=1S/C22H15N5O/c28-21(24-22-26-25-20-12-6-7-13-27(20)22)17-14-19(15-8-2-1-3-9-15)23-18-11-5-4-10-16(17)18/h1-14H,(H,24,26,28). The van der Waals surface area contributed by atoms with E-state index in [1.165, 1.54) is 0 Å². The number of hydrogen-bond acceptors (Lipinski definition) is 4. The smallest absolute Gasteiger partial charge is 0.258 e. The van der Waals surface area contributed by atoms with Gasteiger partial charge in [-0.3, -0.25) is 14.5 Å². The quantitative estimate of drug-likeness (QED) is 0.520. The molecule has 0 radical (unpaired) electrons. The van der Waals surface area contributed by atoms with Gasteiger partial charge in [0.1, 0.15) is 0 Å². The molecule has 0 aliphatic carbocycles. The molecule has 0 aliphatic heterocycles. The van der Waals surface area contributed by atoms with Crippen LogP contribution in [0, 0.1) is 0 Å². The number of pyridine rings is 2. The summed E-state index contributed by atoms with van der Waals surface area (Å²) in [7, 11) is 0. The van der Waals surface area contributed by atoms with Gasteiger partial charge in [0.05, 0.1) is 16.8 Å². The number of carbonyl (C=O) groups is 1. The van der Waals surface area contributed by atoms with Gasteiger partial charge in [-0.15, -0.1) is 10.2 Å².